The minimum Gasteiger partial charge on any atom is -0.481 e. The predicted molar refractivity (Wildman–Crippen MR) is 128 cm³/mol. The first-order valence-corrected chi connectivity index (χ1v) is 11.9. The number of nitrogens with zero attached hydrogens (tertiary/aromatic N) is 1. The van der Waals surface area contributed by atoms with Gasteiger partial charge in [-0.3, -0.25) is 9.59 Å². The van der Waals surface area contributed by atoms with E-state index < -0.39 is 5.60 Å². The second-order valence-electron chi connectivity index (χ2n) is 8.80. The van der Waals surface area contributed by atoms with Gasteiger partial charge in [0.05, 0.1) is 30.2 Å². The Kier molecular flexibility index (Phi) is 5.54. The summed E-state index contributed by atoms with van der Waals surface area (Å²) in [6.45, 7) is 8.64. The van der Waals surface area contributed by atoms with E-state index in [0.717, 1.165) is 39.8 Å². The molecule has 0 saturated carbocycles. The van der Waals surface area contributed by atoms with Crippen molar-refractivity contribution in [3.8, 4) is 0 Å². The van der Waals surface area contributed by atoms with Crippen molar-refractivity contribution >= 4 is 34.7 Å². The van der Waals surface area contributed by atoms with Crippen LogP contribution < -0.4 is 5.32 Å². The number of rotatable bonds is 4. The third-order valence-electron chi connectivity index (χ3n) is 6.08. The van der Waals surface area contributed by atoms with Gasteiger partial charge in [0.15, 0.2) is 5.78 Å². The van der Waals surface area contributed by atoms with Crippen LogP contribution in [0.3, 0.4) is 0 Å². The highest BCUT2D eigenvalue weighted by Gasteiger charge is 2.40. The van der Waals surface area contributed by atoms with E-state index in [4.69, 9.17) is 9.47 Å². The highest BCUT2D eigenvalue weighted by Crippen LogP contribution is 2.43. The lowest BCUT2D eigenvalue weighted by atomic mass is 10.0. The molecular formula is C26H26N2O4S. The zero-order valence-electron chi connectivity index (χ0n) is 18.9. The van der Waals surface area contributed by atoms with Gasteiger partial charge in [-0.2, -0.15) is 0 Å². The van der Waals surface area contributed by atoms with Crippen molar-refractivity contribution in [2.75, 3.05) is 31.6 Å². The van der Waals surface area contributed by atoms with Crippen molar-refractivity contribution in [2.45, 2.75) is 36.2 Å². The van der Waals surface area contributed by atoms with Gasteiger partial charge in [-0.1, -0.05) is 36.0 Å². The van der Waals surface area contributed by atoms with E-state index in [1.54, 1.807) is 6.92 Å². The Morgan fingerprint density at radius 2 is 1.88 bits per heavy atom. The summed E-state index contributed by atoms with van der Waals surface area (Å²) in [4.78, 5) is 29.0. The van der Waals surface area contributed by atoms with E-state index in [9.17, 15) is 9.59 Å². The first-order chi connectivity index (χ1) is 15.8. The minimum absolute atomic E-state index is 0.0310. The van der Waals surface area contributed by atoms with Crippen LogP contribution in [0.5, 0.6) is 0 Å². The Morgan fingerprint density at radius 1 is 1.12 bits per heavy atom. The van der Waals surface area contributed by atoms with Gasteiger partial charge in [0.2, 0.25) is 0 Å². The highest BCUT2D eigenvalue weighted by molar-refractivity contribution is 7.99. The molecule has 5 rings (SSSR count). The molecule has 0 aliphatic carbocycles. The lowest BCUT2D eigenvalue weighted by Crippen LogP contribution is -2.41. The first kappa shape index (κ1) is 21.8. The average Bonchev–Trinajstić information content (AvgIpc) is 3.28. The second kappa shape index (κ2) is 8.39. The van der Waals surface area contributed by atoms with E-state index in [0.29, 0.717) is 30.1 Å². The van der Waals surface area contributed by atoms with E-state index in [-0.39, 0.29) is 11.7 Å². The average molecular weight is 463 g/mol. The third-order valence-corrected chi connectivity index (χ3v) is 7.14. The SMILES string of the molecule is CC(=O)c1ccccc1Sc1ccc2c(c1)NC(=O)/C2=C1\C=C(N2CCOCC2)C(C)(C)O1. The van der Waals surface area contributed by atoms with Gasteiger partial charge >= 0.3 is 0 Å². The molecule has 0 aromatic heterocycles. The van der Waals surface area contributed by atoms with Gasteiger partial charge in [-0.15, -0.1) is 0 Å². The van der Waals surface area contributed by atoms with Gasteiger partial charge in [-0.25, -0.2) is 0 Å². The van der Waals surface area contributed by atoms with Crippen LogP contribution in [0.15, 0.2) is 69.8 Å². The van der Waals surface area contributed by atoms with Gasteiger partial charge in [0.25, 0.3) is 5.91 Å². The number of Topliss-reactive ketones (excluding diaryl/α,β-unsaturated/α-hetero) is 1. The maximum absolute atomic E-state index is 13.0. The molecule has 1 amide bonds. The number of carbonyl (C=O) groups excluding carboxylic acids is 2. The summed E-state index contributed by atoms with van der Waals surface area (Å²) in [7, 11) is 0. The van der Waals surface area contributed by atoms with Gasteiger partial charge in [-0.05, 0) is 39.0 Å². The van der Waals surface area contributed by atoms with Crippen molar-refractivity contribution < 1.29 is 19.1 Å². The molecule has 170 valence electrons. The first-order valence-electron chi connectivity index (χ1n) is 11.1. The number of amides is 1. The fourth-order valence-electron chi connectivity index (χ4n) is 4.49. The number of nitrogens with one attached hydrogen (secondary N) is 1. The molecule has 0 spiro atoms. The molecule has 2 aromatic rings. The highest BCUT2D eigenvalue weighted by atomic mass is 32.2. The molecule has 7 heteroatoms. The third kappa shape index (κ3) is 4.07. The molecule has 0 atom stereocenters. The molecule has 6 nitrogen and oxygen atoms in total. The Bertz CT molecular complexity index is 1210. The topological polar surface area (TPSA) is 67.9 Å². The van der Waals surface area contributed by atoms with Crippen LogP contribution in [0.1, 0.15) is 36.7 Å². The number of ketones is 1. The Morgan fingerprint density at radius 3 is 2.64 bits per heavy atom. The van der Waals surface area contributed by atoms with Crippen molar-refractivity contribution in [1.82, 2.24) is 4.90 Å². The maximum atomic E-state index is 13.0. The molecule has 33 heavy (non-hydrogen) atoms. The van der Waals surface area contributed by atoms with Crippen LogP contribution in [0.2, 0.25) is 0 Å². The zero-order valence-corrected chi connectivity index (χ0v) is 19.8. The Hall–Kier alpha value is -3.03. The zero-order chi connectivity index (χ0) is 23.2. The summed E-state index contributed by atoms with van der Waals surface area (Å²) in [5.41, 5.74) is 3.38. The molecule has 2 aromatic carbocycles. The molecule has 1 saturated heterocycles. The number of ether oxygens (including phenoxy) is 2. The fourth-order valence-corrected chi connectivity index (χ4v) is 5.52. The second-order valence-corrected chi connectivity index (χ2v) is 9.91. The number of fused-ring (bicyclic) bond motifs is 1. The van der Waals surface area contributed by atoms with Crippen LogP contribution in [0.25, 0.3) is 5.57 Å². The summed E-state index contributed by atoms with van der Waals surface area (Å²) in [6.07, 6.45) is 2.00. The van der Waals surface area contributed by atoms with Crippen molar-refractivity contribution in [3.63, 3.8) is 0 Å². The van der Waals surface area contributed by atoms with Crippen molar-refractivity contribution in [3.05, 3.63) is 71.1 Å². The van der Waals surface area contributed by atoms with Gasteiger partial charge < -0.3 is 19.7 Å². The monoisotopic (exact) mass is 462 g/mol. The van der Waals surface area contributed by atoms with Crippen LogP contribution in [-0.4, -0.2) is 48.5 Å². The largest absolute Gasteiger partial charge is 0.481 e. The number of morpholine rings is 1. The summed E-state index contributed by atoms with van der Waals surface area (Å²) in [6, 6.07) is 13.4. The van der Waals surface area contributed by atoms with E-state index in [1.165, 1.54) is 11.8 Å². The Labute approximate surface area is 197 Å². The quantitative estimate of drug-likeness (QED) is 0.524. The molecule has 0 bridgehead atoms. The number of hydrogen-bond acceptors (Lipinski definition) is 6. The van der Waals surface area contributed by atoms with Crippen molar-refractivity contribution in [2.24, 2.45) is 0 Å². The molecular weight excluding hydrogens is 436 g/mol. The maximum Gasteiger partial charge on any atom is 0.260 e. The smallest absolute Gasteiger partial charge is 0.260 e. The van der Waals surface area contributed by atoms with Crippen LogP contribution in [0.4, 0.5) is 5.69 Å². The summed E-state index contributed by atoms with van der Waals surface area (Å²) < 4.78 is 11.8. The minimum atomic E-state index is -0.519. The predicted octanol–water partition coefficient (Wildman–Crippen LogP) is 4.73. The lowest BCUT2D eigenvalue weighted by molar-refractivity contribution is -0.111. The van der Waals surface area contributed by atoms with Crippen molar-refractivity contribution in [1.29, 1.82) is 0 Å². The van der Waals surface area contributed by atoms with E-state index in [2.05, 4.69) is 10.2 Å². The number of hydrogen-bond donors (Lipinski definition) is 1. The molecule has 1 N–H and O–H groups in total. The van der Waals surface area contributed by atoms with Crippen LogP contribution in [0, 0.1) is 0 Å². The summed E-state index contributed by atoms with van der Waals surface area (Å²) in [5, 5.41) is 2.99. The number of carbonyl (C=O) groups is 2. The van der Waals surface area contributed by atoms with Gasteiger partial charge in [0.1, 0.15) is 11.4 Å². The fraction of sp³-hybridized carbons (Fsp3) is 0.308. The lowest BCUT2D eigenvalue weighted by Gasteiger charge is -2.35. The van der Waals surface area contributed by atoms with E-state index in [1.807, 2.05) is 62.4 Å². The molecule has 3 aliphatic heterocycles. The molecule has 1 fully saturated rings. The van der Waals surface area contributed by atoms with Gasteiger partial charge in [0, 0.05) is 40.1 Å². The molecule has 3 aliphatic rings. The number of allylic oxidation sites excluding steroid dienone is 1. The summed E-state index contributed by atoms with van der Waals surface area (Å²) >= 11 is 1.51. The molecule has 0 unspecified atom stereocenters. The molecule has 0 radical (unpaired) electrons. The summed E-state index contributed by atoms with van der Waals surface area (Å²) in [5.74, 6) is 0.463. The number of benzene rings is 2. The molecule has 3 heterocycles. The standard InChI is InChI=1S/C26H26N2O4S/c1-16(29)18-6-4-5-7-22(18)33-17-8-9-19-20(14-17)27-25(30)24(19)21-15-23(26(2,3)32-21)28-10-12-31-13-11-28/h4-9,14-15H,10-13H2,1-3H3,(H,27,30)/b24-21+. The van der Waals surface area contributed by atoms with E-state index >= 15 is 0 Å². The Balaban J connectivity index is 1.48. The normalized spacial score (nSPS) is 21.4. The van der Waals surface area contributed by atoms with Crippen LogP contribution >= 0.6 is 11.8 Å². The van der Waals surface area contributed by atoms with Crippen LogP contribution in [-0.2, 0) is 14.3 Å². The number of anilines is 1.